The summed E-state index contributed by atoms with van der Waals surface area (Å²) >= 11 is 1.41. The Hall–Kier alpha value is -3.19. The molecule has 1 aromatic heterocycles. The summed E-state index contributed by atoms with van der Waals surface area (Å²) in [5.41, 5.74) is 0. The second kappa shape index (κ2) is 8.01. The van der Waals surface area contributed by atoms with E-state index in [9.17, 15) is 4.79 Å². The summed E-state index contributed by atoms with van der Waals surface area (Å²) in [5, 5.41) is 9.78. The molecule has 0 saturated heterocycles. The van der Waals surface area contributed by atoms with Crippen molar-refractivity contribution in [2.75, 3.05) is 21.3 Å². The highest BCUT2D eigenvalue weighted by Crippen LogP contribution is 2.45. The van der Waals surface area contributed by atoms with Gasteiger partial charge in [-0.05, 0) is 36.4 Å². The summed E-state index contributed by atoms with van der Waals surface area (Å²) in [6.45, 7) is 0. The molecule has 0 radical (unpaired) electrons. The number of carboxylic acids is 1. The maximum atomic E-state index is 11.0. The Balaban J connectivity index is 2.12. The van der Waals surface area contributed by atoms with Crippen molar-refractivity contribution in [3.05, 3.63) is 47.4 Å². The fourth-order valence-electron chi connectivity index (χ4n) is 2.54. The lowest BCUT2D eigenvalue weighted by molar-refractivity contribution is -0.131. The minimum absolute atomic E-state index is 0.554. The van der Waals surface area contributed by atoms with E-state index in [4.69, 9.17) is 24.1 Å². The van der Waals surface area contributed by atoms with Crippen LogP contribution in [0.15, 0.2) is 42.5 Å². The van der Waals surface area contributed by atoms with Gasteiger partial charge in [0.05, 0.1) is 26.2 Å². The van der Waals surface area contributed by atoms with Gasteiger partial charge in [-0.3, -0.25) is 0 Å². The summed E-state index contributed by atoms with van der Waals surface area (Å²) in [7, 11) is 4.72. The second-order valence-electron chi connectivity index (χ2n) is 5.45. The first-order valence-corrected chi connectivity index (χ1v) is 8.78. The number of fused-ring (bicyclic) bond motifs is 1. The number of carboxylic acid groups (broad SMARTS) is 1. The molecule has 140 valence electrons. The highest BCUT2D eigenvalue weighted by Gasteiger charge is 2.17. The summed E-state index contributed by atoms with van der Waals surface area (Å²) < 4.78 is 22.9. The third-order valence-electron chi connectivity index (χ3n) is 3.83. The molecule has 0 aliphatic rings. The van der Waals surface area contributed by atoms with Crippen molar-refractivity contribution in [1.29, 1.82) is 0 Å². The topological polar surface area (TPSA) is 74.2 Å². The molecule has 1 N–H and O–H groups in total. The molecule has 0 spiro atoms. The van der Waals surface area contributed by atoms with E-state index in [1.165, 1.54) is 17.4 Å². The maximum absolute atomic E-state index is 11.0. The number of aliphatic carboxylic acids is 1. The SMILES string of the molecule is COc1ccc(Oc2c(/C=C/C(=O)O)sc3cc(OC)c(OC)cc23)cc1. The van der Waals surface area contributed by atoms with Crippen LogP contribution in [0.1, 0.15) is 4.88 Å². The first-order valence-electron chi connectivity index (χ1n) is 7.97. The van der Waals surface area contributed by atoms with Crippen molar-refractivity contribution in [1.82, 2.24) is 0 Å². The molecule has 0 aliphatic carbocycles. The lowest BCUT2D eigenvalue weighted by Gasteiger charge is -2.09. The molecule has 1 heterocycles. The molecule has 0 aliphatic heterocycles. The number of rotatable bonds is 7. The molecule has 0 saturated carbocycles. The largest absolute Gasteiger partial charge is 0.497 e. The monoisotopic (exact) mass is 386 g/mol. The molecule has 6 nitrogen and oxygen atoms in total. The Morgan fingerprint density at radius 1 is 0.963 bits per heavy atom. The predicted molar refractivity (Wildman–Crippen MR) is 105 cm³/mol. The molecule has 0 unspecified atom stereocenters. The van der Waals surface area contributed by atoms with E-state index in [-0.39, 0.29) is 0 Å². The minimum atomic E-state index is -1.03. The highest BCUT2D eigenvalue weighted by atomic mass is 32.1. The van der Waals surface area contributed by atoms with Crippen LogP contribution in [0.3, 0.4) is 0 Å². The van der Waals surface area contributed by atoms with E-state index >= 15 is 0 Å². The van der Waals surface area contributed by atoms with Gasteiger partial charge in [0.1, 0.15) is 11.5 Å². The Bertz CT molecular complexity index is 988. The van der Waals surface area contributed by atoms with E-state index in [0.29, 0.717) is 27.9 Å². The number of hydrogen-bond acceptors (Lipinski definition) is 6. The van der Waals surface area contributed by atoms with E-state index in [2.05, 4.69) is 0 Å². The fraction of sp³-hybridized carbons (Fsp3) is 0.150. The average Bonchev–Trinajstić information content (AvgIpc) is 3.02. The summed E-state index contributed by atoms with van der Waals surface area (Å²) in [6.07, 6.45) is 2.60. The molecule has 3 rings (SSSR count). The molecule has 0 fully saturated rings. The maximum Gasteiger partial charge on any atom is 0.328 e. The summed E-state index contributed by atoms with van der Waals surface area (Å²) in [6, 6.07) is 10.8. The number of benzene rings is 2. The van der Waals surface area contributed by atoms with E-state index < -0.39 is 5.97 Å². The van der Waals surface area contributed by atoms with E-state index in [1.54, 1.807) is 45.6 Å². The first kappa shape index (κ1) is 18.6. The van der Waals surface area contributed by atoms with Crippen LogP contribution in [0.4, 0.5) is 0 Å². The number of thiophene rings is 1. The Morgan fingerprint density at radius 2 is 1.59 bits per heavy atom. The zero-order chi connectivity index (χ0) is 19.4. The van der Waals surface area contributed by atoms with Crippen LogP contribution in [-0.4, -0.2) is 32.4 Å². The quantitative estimate of drug-likeness (QED) is 0.587. The van der Waals surface area contributed by atoms with Gasteiger partial charge >= 0.3 is 5.97 Å². The molecule has 27 heavy (non-hydrogen) atoms. The molecule has 3 aromatic rings. The smallest absolute Gasteiger partial charge is 0.328 e. The van der Waals surface area contributed by atoms with Crippen molar-refractivity contribution in [3.8, 4) is 28.7 Å². The lowest BCUT2D eigenvalue weighted by Crippen LogP contribution is -1.90. The summed E-state index contributed by atoms with van der Waals surface area (Å²) in [5.74, 6) is 2.01. The Morgan fingerprint density at radius 3 is 2.19 bits per heavy atom. The van der Waals surface area contributed by atoms with Gasteiger partial charge in [-0.25, -0.2) is 4.79 Å². The van der Waals surface area contributed by atoms with Crippen LogP contribution >= 0.6 is 11.3 Å². The lowest BCUT2D eigenvalue weighted by atomic mass is 10.2. The zero-order valence-corrected chi connectivity index (χ0v) is 15.8. The molecular weight excluding hydrogens is 368 g/mol. The van der Waals surface area contributed by atoms with E-state index in [1.807, 2.05) is 12.1 Å². The van der Waals surface area contributed by atoms with E-state index in [0.717, 1.165) is 21.9 Å². The minimum Gasteiger partial charge on any atom is -0.497 e. The fourth-order valence-corrected chi connectivity index (χ4v) is 3.59. The average molecular weight is 386 g/mol. The first-order chi connectivity index (χ1) is 13.0. The molecule has 7 heteroatoms. The second-order valence-corrected chi connectivity index (χ2v) is 6.53. The third kappa shape index (κ3) is 3.98. The number of methoxy groups -OCH3 is 3. The molecule has 0 amide bonds. The van der Waals surface area contributed by atoms with Gasteiger partial charge in [0.25, 0.3) is 0 Å². The zero-order valence-electron chi connectivity index (χ0n) is 15.0. The highest BCUT2D eigenvalue weighted by molar-refractivity contribution is 7.20. The van der Waals surface area contributed by atoms with Crippen LogP contribution in [-0.2, 0) is 4.79 Å². The van der Waals surface area contributed by atoms with Crippen LogP contribution in [0.25, 0.3) is 16.2 Å². The van der Waals surface area contributed by atoms with Gasteiger partial charge in [0, 0.05) is 22.2 Å². The standard InChI is InChI=1S/C20H18O6S/c1-23-12-4-6-13(7-5-12)26-20-14-10-15(24-2)16(25-3)11-18(14)27-17(20)8-9-19(21)22/h4-11H,1-3H3,(H,21,22)/b9-8+. The van der Waals surface area contributed by atoms with Gasteiger partial charge in [0.2, 0.25) is 0 Å². The molecule has 0 bridgehead atoms. The van der Waals surface area contributed by atoms with Crippen LogP contribution in [0, 0.1) is 0 Å². The van der Waals surface area contributed by atoms with Crippen molar-refractivity contribution in [2.45, 2.75) is 0 Å². The number of carbonyl (C=O) groups is 1. The van der Waals surface area contributed by atoms with Crippen molar-refractivity contribution in [3.63, 3.8) is 0 Å². The van der Waals surface area contributed by atoms with Crippen molar-refractivity contribution >= 4 is 33.5 Å². The number of hydrogen-bond donors (Lipinski definition) is 1. The number of ether oxygens (including phenoxy) is 4. The Kier molecular flexibility index (Phi) is 5.52. The van der Waals surface area contributed by atoms with Crippen LogP contribution in [0.5, 0.6) is 28.7 Å². The molecular formula is C20H18O6S. The van der Waals surface area contributed by atoms with Gasteiger partial charge < -0.3 is 24.1 Å². The van der Waals surface area contributed by atoms with Crippen LogP contribution < -0.4 is 18.9 Å². The van der Waals surface area contributed by atoms with Gasteiger partial charge in [-0.1, -0.05) is 0 Å². The normalized spacial score (nSPS) is 10.9. The van der Waals surface area contributed by atoms with Gasteiger partial charge in [0.15, 0.2) is 17.2 Å². The predicted octanol–water partition coefficient (Wildman–Crippen LogP) is 4.82. The Labute approximate surface area is 160 Å². The molecule has 0 atom stereocenters. The van der Waals surface area contributed by atoms with Gasteiger partial charge in [-0.2, -0.15) is 0 Å². The van der Waals surface area contributed by atoms with Crippen molar-refractivity contribution < 1.29 is 28.8 Å². The van der Waals surface area contributed by atoms with Gasteiger partial charge in [-0.15, -0.1) is 11.3 Å². The third-order valence-corrected chi connectivity index (χ3v) is 4.93. The van der Waals surface area contributed by atoms with Crippen LogP contribution in [0.2, 0.25) is 0 Å². The summed E-state index contributed by atoms with van der Waals surface area (Å²) in [4.78, 5) is 11.6. The molecule has 2 aromatic carbocycles. The van der Waals surface area contributed by atoms with Crippen molar-refractivity contribution in [2.24, 2.45) is 0 Å².